The third kappa shape index (κ3) is 3.21. The number of hydrogen-bond donors (Lipinski definition) is 0. The first-order chi connectivity index (χ1) is 12.5. The fraction of sp³-hybridized carbons (Fsp3) is 0.167. The third-order valence-electron chi connectivity index (χ3n) is 4.19. The van der Waals surface area contributed by atoms with Gasteiger partial charge in [0.15, 0.2) is 0 Å². The molecule has 1 aromatic heterocycles. The van der Waals surface area contributed by atoms with Gasteiger partial charge in [0.2, 0.25) is 10.0 Å². The predicted molar refractivity (Wildman–Crippen MR) is 95.8 cm³/mol. The molecule has 0 N–H and O–H groups in total. The smallest absolute Gasteiger partial charge is 0.243 e. The molecule has 0 radical (unpaired) electrons. The number of sulfonamides is 1. The topological polar surface area (TPSA) is 72.6 Å². The number of fused-ring (bicyclic) bond motifs is 1. The normalized spacial score (nSPS) is 14.8. The summed E-state index contributed by atoms with van der Waals surface area (Å²) in [6.45, 7) is 0.626. The first-order valence-corrected chi connectivity index (χ1v) is 9.81. The molecule has 2 heterocycles. The van der Waals surface area contributed by atoms with E-state index in [0.29, 0.717) is 29.5 Å². The zero-order valence-corrected chi connectivity index (χ0v) is 15.2. The van der Waals surface area contributed by atoms with Crippen molar-refractivity contribution in [2.24, 2.45) is 0 Å². The summed E-state index contributed by atoms with van der Waals surface area (Å²) in [5.74, 6) is 1.78. The minimum absolute atomic E-state index is 0.212. The molecule has 0 atom stereocenters. The van der Waals surface area contributed by atoms with Gasteiger partial charge < -0.3 is 9.26 Å². The summed E-state index contributed by atoms with van der Waals surface area (Å²) < 4.78 is 37.9. The molecule has 6 nitrogen and oxygen atoms in total. The van der Waals surface area contributed by atoms with Crippen LogP contribution in [0.25, 0.3) is 0 Å². The second-order valence-electron chi connectivity index (χ2n) is 5.87. The third-order valence-corrected chi connectivity index (χ3v) is 6.36. The number of nitrogens with zero attached hydrogens (tertiary/aromatic N) is 2. The molecule has 4 rings (SSSR count). The largest absolute Gasteiger partial charge is 0.456 e. The van der Waals surface area contributed by atoms with Crippen molar-refractivity contribution in [2.75, 3.05) is 6.54 Å². The quantitative estimate of drug-likeness (QED) is 0.676. The van der Waals surface area contributed by atoms with Crippen LogP contribution in [-0.4, -0.2) is 24.4 Å². The summed E-state index contributed by atoms with van der Waals surface area (Å²) in [5.41, 5.74) is 0.804. The summed E-state index contributed by atoms with van der Waals surface area (Å²) in [6.07, 6.45) is 2.08. The Morgan fingerprint density at radius 1 is 1.12 bits per heavy atom. The van der Waals surface area contributed by atoms with Crippen LogP contribution >= 0.6 is 11.6 Å². The first-order valence-electron chi connectivity index (χ1n) is 7.99. The molecule has 0 saturated heterocycles. The Kier molecular flexibility index (Phi) is 4.44. The van der Waals surface area contributed by atoms with Gasteiger partial charge in [-0.05, 0) is 36.4 Å². The van der Waals surface area contributed by atoms with Crippen LogP contribution in [0.2, 0.25) is 5.02 Å². The standard InChI is InChI=1S/C18H15ClN2O4S/c19-16-3-1-2-4-18(16)24-14-5-7-15(8-6-14)26(22,23)21-10-9-17-13(12-21)11-20-25-17/h1-8,11H,9-10,12H2. The second-order valence-corrected chi connectivity index (χ2v) is 8.21. The molecule has 0 aliphatic carbocycles. The number of rotatable bonds is 4. The number of benzene rings is 2. The second kappa shape index (κ2) is 6.75. The monoisotopic (exact) mass is 390 g/mol. The number of para-hydroxylation sites is 1. The number of aromatic nitrogens is 1. The van der Waals surface area contributed by atoms with Crippen molar-refractivity contribution in [3.63, 3.8) is 0 Å². The molecule has 8 heteroatoms. The number of halogens is 1. The van der Waals surface area contributed by atoms with E-state index < -0.39 is 10.0 Å². The number of hydrogen-bond acceptors (Lipinski definition) is 5. The number of ether oxygens (including phenoxy) is 1. The molecule has 0 saturated carbocycles. The molecule has 134 valence electrons. The Balaban J connectivity index is 1.54. The van der Waals surface area contributed by atoms with Gasteiger partial charge in [-0.1, -0.05) is 28.9 Å². The fourth-order valence-electron chi connectivity index (χ4n) is 2.80. The minimum Gasteiger partial charge on any atom is -0.456 e. The Hall–Kier alpha value is -2.35. The molecule has 2 aromatic carbocycles. The van der Waals surface area contributed by atoms with E-state index in [1.54, 1.807) is 30.5 Å². The molecule has 1 aliphatic rings. The van der Waals surface area contributed by atoms with Crippen LogP contribution in [0, 0.1) is 0 Å². The summed E-state index contributed by atoms with van der Waals surface area (Å²) in [4.78, 5) is 0.212. The highest BCUT2D eigenvalue weighted by Gasteiger charge is 2.30. The predicted octanol–water partition coefficient (Wildman–Crippen LogP) is 3.87. The van der Waals surface area contributed by atoms with Gasteiger partial charge in [-0.2, -0.15) is 4.31 Å². The minimum atomic E-state index is -3.60. The van der Waals surface area contributed by atoms with Gasteiger partial charge >= 0.3 is 0 Å². The van der Waals surface area contributed by atoms with Crippen molar-refractivity contribution in [3.8, 4) is 11.5 Å². The van der Waals surface area contributed by atoms with Gasteiger partial charge in [-0.3, -0.25) is 0 Å². The van der Waals surface area contributed by atoms with Crippen LogP contribution in [-0.2, 0) is 23.0 Å². The molecule has 0 bridgehead atoms. The van der Waals surface area contributed by atoms with Gasteiger partial charge in [0.1, 0.15) is 17.3 Å². The van der Waals surface area contributed by atoms with Crippen LogP contribution in [0.4, 0.5) is 0 Å². The van der Waals surface area contributed by atoms with Crippen molar-refractivity contribution in [2.45, 2.75) is 17.9 Å². The lowest BCUT2D eigenvalue weighted by Crippen LogP contribution is -2.35. The highest BCUT2D eigenvalue weighted by molar-refractivity contribution is 7.89. The van der Waals surface area contributed by atoms with E-state index in [-0.39, 0.29) is 11.4 Å². The Bertz CT molecular complexity index is 1030. The molecule has 26 heavy (non-hydrogen) atoms. The van der Waals surface area contributed by atoms with Crippen molar-refractivity contribution in [3.05, 3.63) is 71.1 Å². The lowest BCUT2D eigenvalue weighted by Gasteiger charge is -2.25. The zero-order valence-electron chi connectivity index (χ0n) is 13.6. The van der Waals surface area contributed by atoms with E-state index in [1.807, 2.05) is 12.1 Å². The summed E-state index contributed by atoms with van der Waals surface area (Å²) in [7, 11) is -3.60. The van der Waals surface area contributed by atoms with E-state index in [9.17, 15) is 8.42 Å². The first kappa shape index (κ1) is 17.1. The summed E-state index contributed by atoms with van der Waals surface area (Å²) in [6, 6.07) is 13.4. The highest BCUT2D eigenvalue weighted by Crippen LogP contribution is 2.30. The maximum Gasteiger partial charge on any atom is 0.243 e. The van der Waals surface area contributed by atoms with Crippen molar-refractivity contribution >= 4 is 21.6 Å². The van der Waals surface area contributed by atoms with Crippen LogP contribution in [0.3, 0.4) is 0 Å². The lowest BCUT2D eigenvalue weighted by atomic mass is 10.1. The van der Waals surface area contributed by atoms with Crippen LogP contribution in [0.15, 0.2) is 64.1 Å². The van der Waals surface area contributed by atoms with Gasteiger partial charge in [0.05, 0.1) is 16.1 Å². The molecule has 0 spiro atoms. The molecule has 3 aromatic rings. The Morgan fingerprint density at radius 2 is 1.88 bits per heavy atom. The Morgan fingerprint density at radius 3 is 2.65 bits per heavy atom. The summed E-state index contributed by atoms with van der Waals surface area (Å²) >= 11 is 6.07. The van der Waals surface area contributed by atoms with Crippen LogP contribution in [0.5, 0.6) is 11.5 Å². The van der Waals surface area contributed by atoms with Crippen molar-refractivity contribution in [1.82, 2.24) is 9.46 Å². The van der Waals surface area contributed by atoms with Gasteiger partial charge in [0.25, 0.3) is 0 Å². The highest BCUT2D eigenvalue weighted by atomic mass is 35.5. The van der Waals surface area contributed by atoms with E-state index in [1.165, 1.54) is 16.4 Å². The lowest BCUT2D eigenvalue weighted by molar-refractivity contribution is 0.331. The van der Waals surface area contributed by atoms with Crippen molar-refractivity contribution in [1.29, 1.82) is 0 Å². The maximum absolute atomic E-state index is 12.9. The van der Waals surface area contributed by atoms with Gasteiger partial charge in [-0.15, -0.1) is 0 Å². The molecular weight excluding hydrogens is 376 g/mol. The van der Waals surface area contributed by atoms with E-state index >= 15 is 0 Å². The molecule has 0 fully saturated rings. The van der Waals surface area contributed by atoms with Crippen LogP contribution < -0.4 is 4.74 Å². The fourth-order valence-corrected chi connectivity index (χ4v) is 4.40. The van der Waals surface area contributed by atoms with E-state index in [4.69, 9.17) is 20.9 Å². The zero-order chi connectivity index (χ0) is 18.1. The Labute approximate surface area is 156 Å². The average molecular weight is 391 g/mol. The summed E-state index contributed by atoms with van der Waals surface area (Å²) in [5, 5.41) is 4.22. The van der Waals surface area contributed by atoms with Crippen LogP contribution in [0.1, 0.15) is 11.3 Å². The van der Waals surface area contributed by atoms with Gasteiger partial charge in [-0.25, -0.2) is 8.42 Å². The molecular formula is C18H15ClN2O4S. The average Bonchev–Trinajstić information content (AvgIpc) is 3.12. The SMILES string of the molecule is O=S(=O)(c1ccc(Oc2ccccc2Cl)cc1)N1CCc2oncc2C1. The van der Waals surface area contributed by atoms with Crippen molar-refractivity contribution < 1.29 is 17.7 Å². The van der Waals surface area contributed by atoms with E-state index in [2.05, 4.69) is 5.16 Å². The molecule has 1 aliphatic heterocycles. The van der Waals surface area contributed by atoms with Gasteiger partial charge in [0, 0.05) is 25.1 Å². The maximum atomic E-state index is 12.9. The van der Waals surface area contributed by atoms with E-state index in [0.717, 1.165) is 11.3 Å². The molecule has 0 amide bonds. The molecule has 0 unspecified atom stereocenters.